The first-order valence-corrected chi connectivity index (χ1v) is 23.0. The van der Waals surface area contributed by atoms with Gasteiger partial charge in [0.15, 0.2) is 0 Å². The molecule has 0 bridgehead atoms. The Balaban J connectivity index is 0.000000197. The third kappa shape index (κ3) is 8.41. The van der Waals surface area contributed by atoms with E-state index in [0.29, 0.717) is 5.92 Å². The van der Waals surface area contributed by atoms with Gasteiger partial charge in [-0.1, -0.05) is 141 Å². The summed E-state index contributed by atoms with van der Waals surface area (Å²) in [6, 6.07) is 47.2. The van der Waals surface area contributed by atoms with Crippen molar-refractivity contribution in [1.82, 2.24) is 9.97 Å². The fourth-order valence-electron chi connectivity index (χ4n) is 7.66. The van der Waals surface area contributed by atoms with Crippen LogP contribution in [0.5, 0.6) is 0 Å². The monoisotopic (exact) mass is 927 g/mol. The van der Waals surface area contributed by atoms with Crippen molar-refractivity contribution in [2.24, 2.45) is 0 Å². The van der Waals surface area contributed by atoms with Crippen LogP contribution in [0.15, 0.2) is 132 Å². The summed E-state index contributed by atoms with van der Waals surface area (Å²) in [5.74, 6) is 0.544. The van der Waals surface area contributed by atoms with Crippen molar-refractivity contribution in [3.63, 3.8) is 0 Å². The zero-order valence-electron chi connectivity index (χ0n) is 33.8. The van der Waals surface area contributed by atoms with E-state index in [-0.39, 0.29) is 20.1 Å². The SMILES string of the molecule is CCC(CC)c1ccnc(-c2[c-]ccc3c2oc2cccc(-c4c(C)cccc4C)c23)c1.Cc1c[c-]c(-c2ccc([Si](C)(C)C)cn2)cc1-c1ccccc1.[Ir]. The molecule has 0 fully saturated rings. The summed E-state index contributed by atoms with van der Waals surface area (Å²) < 4.78 is 6.46. The number of aryl methyl sites for hydroxylation is 3. The average Bonchev–Trinajstić information content (AvgIpc) is 3.59. The van der Waals surface area contributed by atoms with Crippen molar-refractivity contribution < 1.29 is 24.5 Å². The van der Waals surface area contributed by atoms with E-state index in [2.05, 4.69) is 175 Å². The maximum absolute atomic E-state index is 6.46. The van der Waals surface area contributed by atoms with Crippen LogP contribution in [-0.2, 0) is 20.1 Å². The fraction of sp³-hybridized carbons (Fsp3) is 0.216. The van der Waals surface area contributed by atoms with Gasteiger partial charge in [-0.05, 0) is 89.1 Å². The number of rotatable bonds is 8. The summed E-state index contributed by atoms with van der Waals surface area (Å²) in [6.07, 6.45) is 6.20. The Labute approximate surface area is 347 Å². The first-order chi connectivity index (χ1) is 26.6. The van der Waals surface area contributed by atoms with E-state index in [9.17, 15) is 0 Å². The Morgan fingerprint density at radius 2 is 1.43 bits per heavy atom. The Kier molecular flexibility index (Phi) is 12.7. The molecule has 3 heterocycles. The number of pyridine rings is 2. The predicted octanol–water partition coefficient (Wildman–Crippen LogP) is 13.7. The van der Waals surface area contributed by atoms with Crippen LogP contribution in [-0.4, -0.2) is 18.0 Å². The van der Waals surface area contributed by atoms with E-state index in [0.717, 1.165) is 57.3 Å². The molecule has 5 heteroatoms. The molecule has 0 saturated carbocycles. The first kappa shape index (κ1) is 40.7. The summed E-state index contributed by atoms with van der Waals surface area (Å²) in [5.41, 5.74) is 15.7. The molecular weight excluding hydrogens is 877 g/mol. The maximum atomic E-state index is 6.46. The second-order valence-corrected chi connectivity index (χ2v) is 20.7. The van der Waals surface area contributed by atoms with E-state index in [1.54, 1.807) is 0 Å². The van der Waals surface area contributed by atoms with E-state index in [1.807, 2.05) is 24.5 Å². The molecule has 3 aromatic heterocycles. The molecule has 0 unspecified atom stereocenters. The number of fused-ring (bicyclic) bond motifs is 3. The summed E-state index contributed by atoms with van der Waals surface area (Å²) in [5, 5.41) is 3.66. The van der Waals surface area contributed by atoms with Crippen LogP contribution in [0.4, 0.5) is 0 Å². The van der Waals surface area contributed by atoms with Crippen LogP contribution < -0.4 is 5.19 Å². The zero-order chi connectivity index (χ0) is 38.7. The van der Waals surface area contributed by atoms with Crippen molar-refractivity contribution in [2.45, 2.75) is 73.0 Å². The van der Waals surface area contributed by atoms with Crippen molar-refractivity contribution in [3.05, 3.63) is 162 Å². The van der Waals surface area contributed by atoms with Gasteiger partial charge < -0.3 is 14.4 Å². The van der Waals surface area contributed by atoms with Gasteiger partial charge in [0, 0.05) is 37.9 Å². The smallest absolute Gasteiger partial charge is 0.121 e. The molecule has 56 heavy (non-hydrogen) atoms. The first-order valence-electron chi connectivity index (χ1n) is 19.5. The number of nitrogens with zero attached hydrogens (tertiary/aromatic N) is 2. The Morgan fingerprint density at radius 1 is 0.696 bits per heavy atom. The topological polar surface area (TPSA) is 38.9 Å². The molecule has 0 saturated heterocycles. The number of hydrogen-bond donors (Lipinski definition) is 0. The van der Waals surface area contributed by atoms with E-state index in [1.165, 1.54) is 49.7 Å². The van der Waals surface area contributed by atoms with Crippen molar-refractivity contribution in [3.8, 4) is 44.8 Å². The van der Waals surface area contributed by atoms with Gasteiger partial charge in [-0.2, -0.15) is 0 Å². The van der Waals surface area contributed by atoms with Crippen molar-refractivity contribution in [2.75, 3.05) is 0 Å². The molecular formula is C51H50IrN2OSi-2. The minimum Gasteiger partial charge on any atom is -0.501 e. The van der Waals surface area contributed by atoms with Gasteiger partial charge in [0.2, 0.25) is 0 Å². The second-order valence-electron chi connectivity index (χ2n) is 15.6. The van der Waals surface area contributed by atoms with Crippen molar-refractivity contribution in [1.29, 1.82) is 0 Å². The Bertz CT molecular complexity index is 2560. The second kappa shape index (κ2) is 17.5. The summed E-state index contributed by atoms with van der Waals surface area (Å²) in [7, 11) is -1.30. The van der Waals surface area contributed by atoms with E-state index >= 15 is 0 Å². The molecule has 0 aliphatic carbocycles. The van der Waals surface area contributed by atoms with Crippen LogP contribution >= 0.6 is 0 Å². The van der Waals surface area contributed by atoms with E-state index in [4.69, 9.17) is 9.40 Å². The molecule has 0 atom stereocenters. The van der Waals surface area contributed by atoms with Gasteiger partial charge in [-0.25, -0.2) is 0 Å². The molecule has 1 radical (unpaired) electrons. The van der Waals surface area contributed by atoms with Gasteiger partial charge in [0.25, 0.3) is 0 Å². The molecule has 285 valence electrons. The summed E-state index contributed by atoms with van der Waals surface area (Å²) in [6.45, 7) is 18.0. The third-order valence-corrected chi connectivity index (χ3v) is 12.9. The standard InChI is InChI=1S/C30H28NO.C21H22NSi.Ir/c1-5-21(6-2)22-16-17-31-26(18-22)23-12-8-14-25-29-24(13-9-15-27(29)32-30(23)25)28-19(3)10-7-11-20(28)4;1-16-10-11-18(14-20(16)17-8-6-5-7-9-17)21-13-12-19(15-22-21)23(2,3)4;/h7-11,13-18,21H,5-6H2,1-4H3;5-10,12-15H,1-4H3;/q2*-1;. The van der Waals surface area contributed by atoms with Crippen LogP contribution in [0, 0.1) is 32.9 Å². The summed E-state index contributed by atoms with van der Waals surface area (Å²) in [4.78, 5) is 9.38. The van der Waals surface area contributed by atoms with Gasteiger partial charge in [-0.15, -0.1) is 47.5 Å². The largest absolute Gasteiger partial charge is 0.501 e. The molecule has 0 spiro atoms. The maximum Gasteiger partial charge on any atom is 0.121 e. The third-order valence-electron chi connectivity index (χ3n) is 10.9. The zero-order valence-corrected chi connectivity index (χ0v) is 37.1. The number of hydrogen-bond acceptors (Lipinski definition) is 3. The number of aromatic nitrogens is 2. The molecule has 0 N–H and O–H groups in total. The Hall–Kier alpha value is -4.93. The molecule has 0 aliphatic heterocycles. The minimum atomic E-state index is -1.30. The van der Waals surface area contributed by atoms with Crippen LogP contribution in [0.1, 0.15) is 54.9 Å². The molecule has 0 amide bonds. The van der Waals surface area contributed by atoms with E-state index < -0.39 is 8.07 Å². The predicted molar refractivity (Wildman–Crippen MR) is 236 cm³/mol. The average molecular weight is 927 g/mol. The van der Waals surface area contributed by atoms with Gasteiger partial charge in [0.1, 0.15) is 5.58 Å². The fourth-order valence-corrected chi connectivity index (χ4v) is 8.70. The Morgan fingerprint density at radius 3 is 2.11 bits per heavy atom. The summed E-state index contributed by atoms with van der Waals surface area (Å²) >= 11 is 0. The molecule has 8 rings (SSSR count). The van der Waals surface area contributed by atoms with Crippen LogP contribution in [0.2, 0.25) is 19.6 Å². The minimum absolute atomic E-state index is 0. The van der Waals surface area contributed by atoms with Crippen LogP contribution in [0.3, 0.4) is 0 Å². The number of benzene rings is 5. The van der Waals surface area contributed by atoms with Gasteiger partial charge in [0.05, 0.1) is 13.7 Å². The van der Waals surface area contributed by atoms with Gasteiger partial charge in [-0.3, -0.25) is 0 Å². The molecule has 3 nitrogen and oxygen atoms in total. The molecule has 8 aromatic rings. The molecule has 5 aromatic carbocycles. The normalized spacial score (nSPS) is 11.4. The van der Waals surface area contributed by atoms with Gasteiger partial charge >= 0.3 is 0 Å². The number of furan rings is 1. The van der Waals surface area contributed by atoms with Crippen molar-refractivity contribution >= 4 is 35.2 Å². The van der Waals surface area contributed by atoms with Crippen LogP contribution in [0.25, 0.3) is 66.7 Å². The molecule has 0 aliphatic rings. The quantitative estimate of drug-likeness (QED) is 0.113.